The van der Waals surface area contributed by atoms with Crippen LogP contribution in [-0.4, -0.2) is 58.4 Å². The number of hydrogen-bond acceptors (Lipinski definition) is 8. The van der Waals surface area contributed by atoms with Crippen LogP contribution >= 0.6 is 46.7 Å². The molecule has 2 aromatic rings. The van der Waals surface area contributed by atoms with Crippen molar-refractivity contribution in [3.63, 3.8) is 0 Å². The molecule has 6 nitrogen and oxygen atoms in total. The zero-order chi connectivity index (χ0) is 22.9. The van der Waals surface area contributed by atoms with Crippen LogP contribution < -0.4 is 0 Å². The van der Waals surface area contributed by atoms with E-state index >= 15 is 0 Å². The Balaban J connectivity index is 1.45. The molecule has 1 atom stereocenters. The van der Waals surface area contributed by atoms with E-state index < -0.39 is 9.84 Å². The van der Waals surface area contributed by atoms with Crippen LogP contribution in [0.25, 0.3) is 6.08 Å². The highest BCUT2D eigenvalue weighted by Gasteiger charge is 2.36. The van der Waals surface area contributed by atoms with E-state index in [0.717, 1.165) is 15.3 Å². The monoisotopic (exact) mass is 526 g/mol. The second-order valence-corrected chi connectivity index (χ2v) is 13.6. The minimum absolute atomic E-state index is 0.00618. The van der Waals surface area contributed by atoms with Gasteiger partial charge in [0.1, 0.15) is 4.32 Å². The summed E-state index contributed by atoms with van der Waals surface area (Å²) >= 11 is 9.73. The Hall–Kier alpha value is -1.53. The quantitative estimate of drug-likeness (QED) is 0.402. The summed E-state index contributed by atoms with van der Waals surface area (Å²) in [6.45, 7) is 2.56. The van der Waals surface area contributed by atoms with E-state index in [2.05, 4.69) is 0 Å². The predicted octanol–water partition coefficient (Wildman–Crippen LogP) is 3.93. The van der Waals surface area contributed by atoms with Gasteiger partial charge in [0.2, 0.25) is 5.91 Å². The molecule has 2 aliphatic heterocycles. The molecule has 1 unspecified atom stereocenters. The Morgan fingerprint density at radius 3 is 2.75 bits per heavy atom. The molecule has 0 saturated carbocycles. The number of thiophene rings is 2. The lowest BCUT2D eigenvalue weighted by Gasteiger charge is -2.29. The normalized spacial score (nSPS) is 21.6. The van der Waals surface area contributed by atoms with Gasteiger partial charge in [0.15, 0.2) is 9.84 Å². The second-order valence-electron chi connectivity index (χ2n) is 7.70. The maximum atomic E-state index is 13.2. The third-order valence-corrected chi connectivity index (χ3v) is 10.4. The van der Waals surface area contributed by atoms with E-state index in [-0.39, 0.29) is 42.3 Å². The van der Waals surface area contributed by atoms with Crippen molar-refractivity contribution in [2.45, 2.75) is 32.4 Å². The summed E-state index contributed by atoms with van der Waals surface area (Å²) in [5.74, 6) is -0.248. The molecular weight excluding hydrogens is 505 g/mol. The Morgan fingerprint density at radius 2 is 2.12 bits per heavy atom. The number of aryl methyl sites for hydroxylation is 1. The van der Waals surface area contributed by atoms with Gasteiger partial charge in [0, 0.05) is 28.8 Å². The van der Waals surface area contributed by atoms with E-state index in [9.17, 15) is 18.0 Å². The highest BCUT2D eigenvalue weighted by Crippen LogP contribution is 2.33. The van der Waals surface area contributed by atoms with Crippen molar-refractivity contribution in [2.75, 3.05) is 18.1 Å². The topological polar surface area (TPSA) is 74.8 Å². The Bertz CT molecular complexity index is 1170. The highest BCUT2D eigenvalue weighted by atomic mass is 32.2. The van der Waals surface area contributed by atoms with Gasteiger partial charge in [-0.2, -0.15) is 0 Å². The molecule has 2 amide bonds. The largest absolute Gasteiger partial charge is 0.333 e. The van der Waals surface area contributed by atoms with Crippen LogP contribution in [0.4, 0.5) is 0 Å². The first-order chi connectivity index (χ1) is 15.2. The second kappa shape index (κ2) is 9.76. The average molecular weight is 527 g/mol. The van der Waals surface area contributed by atoms with Gasteiger partial charge in [-0.1, -0.05) is 30.0 Å². The molecule has 32 heavy (non-hydrogen) atoms. The lowest BCUT2D eigenvalue weighted by molar-refractivity contribution is -0.134. The number of nitrogens with zero attached hydrogens (tertiary/aromatic N) is 2. The summed E-state index contributed by atoms with van der Waals surface area (Å²) in [4.78, 5) is 31.8. The van der Waals surface area contributed by atoms with Crippen molar-refractivity contribution in [3.8, 4) is 0 Å². The first-order valence-corrected chi connectivity index (χ1v) is 14.9. The summed E-state index contributed by atoms with van der Waals surface area (Å²) in [6.07, 6.45) is 2.36. The van der Waals surface area contributed by atoms with Gasteiger partial charge in [-0.05, 0) is 47.9 Å². The summed E-state index contributed by atoms with van der Waals surface area (Å²) in [6, 6.07) is 5.51. The molecule has 0 bridgehead atoms. The molecule has 2 aliphatic rings. The number of hydrogen-bond donors (Lipinski definition) is 0. The fraction of sp³-hybridized carbons (Fsp3) is 0.381. The van der Waals surface area contributed by atoms with Crippen molar-refractivity contribution >= 4 is 78.7 Å². The Kier molecular flexibility index (Phi) is 7.21. The van der Waals surface area contributed by atoms with Gasteiger partial charge < -0.3 is 4.90 Å². The Morgan fingerprint density at radius 1 is 1.31 bits per heavy atom. The molecule has 170 valence electrons. The van der Waals surface area contributed by atoms with Crippen molar-refractivity contribution < 1.29 is 18.0 Å². The standard InChI is InChI=1S/C21H22N2O4S5/c1-14-5-9-30-18(14)12-23(15-6-10-32(26,27)13-15)19(24)4-7-22-20(25)17(31-21(22)28)11-16-3-2-8-29-16/h2-3,5,8-9,11,15H,4,6-7,10,12-13H2,1H3/b17-11-. The van der Waals surface area contributed by atoms with Crippen LogP contribution in [0.5, 0.6) is 0 Å². The third kappa shape index (κ3) is 5.33. The van der Waals surface area contributed by atoms with Crippen LogP contribution in [0.15, 0.2) is 33.9 Å². The summed E-state index contributed by atoms with van der Waals surface area (Å²) in [5, 5.41) is 3.91. The maximum absolute atomic E-state index is 13.2. The SMILES string of the molecule is Cc1ccsc1CN(C(=O)CCN1C(=O)/C(=C/c2cccs2)SC1=S)C1CCS(=O)(=O)C1. The molecule has 0 spiro atoms. The predicted molar refractivity (Wildman–Crippen MR) is 135 cm³/mol. The summed E-state index contributed by atoms with van der Waals surface area (Å²) in [5.41, 5.74) is 1.09. The molecule has 0 N–H and O–H groups in total. The van der Waals surface area contributed by atoms with Crippen LogP contribution in [-0.2, 0) is 26.0 Å². The van der Waals surface area contributed by atoms with Crippen LogP contribution in [0.2, 0.25) is 0 Å². The van der Waals surface area contributed by atoms with Crippen molar-refractivity contribution in [1.82, 2.24) is 9.80 Å². The lowest BCUT2D eigenvalue weighted by atomic mass is 10.1. The Labute approximate surface area is 205 Å². The molecule has 0 aromatic carbocycles. The molecule has 2 aromatic heterocycles. The number of thioether (sulfide) groups is 1. The number of rotatable bonds is 7. The molecule has 2 fully saturated rings. The fourth-order valence-corrected chi connectivity index (χ4v) is 8.38. The maximum Gasteiger partial charge on any atom is 0.266 e. The van der Waals surface area contributed by atoms with E-state index in [1.807, 2.05) is 42.0 Å². The highest BCUT2D eigenvalue weighted by molar-refractivity contribution is 8.26. The minimum Gasteiger partial charge on any atom is -0.333 e. The van der Waals surface area contributed by atoms with Crippen LogP contribution in [0.1, 0.15) is 28.2 Å². The number of amides is 2. The van der Waals surface area contributed by atoms with E-state index in [4.69, 9.17) is 12.2 Å². The van der Waals surface area contributed by atoms with Crippen molar-refractivity contribution in [1.29, 1.82) is 0 Å². The molecular formula is C21H22N2O4S5. The molecule has 0 aliphatic carbocycles. The third-order valence-electron chi connectivity index (χ3n) is 5.49. The van der Waals surface area contributed by atoms with Crippen molar-refractivity contribution in [2.24, 2.45) is 0 Å². The van der Waals surface area contributed by atoms with Crippen LogP contribution in [0.3, 0.4) is 0 Å². The zero-order valence-corrected chi connectivity index (χ0v) is 21.4. The summed E-state index contributed by atoms with van der Waals surface area (Å²) < 4.78 is 24.5. The van der Waals surface area contributed by atoms with Crippen molar-refractivity contribution in [3.05, 3.63) is 49.2 Å². The minimum atomic E-state index is -3.13. The van der Waals surface area contributed by atoms with E-state index in [0.29, 0.717) is 22.2 Å². The summed E-state index contributed by atoms with van der Waals surface area (Å²) in [7, 11) is -3.13. The molecule has 0 radical (unpaired) electrons. The van der Waals surface area contributed by atoms with Gasteiger partial charge in [-0.15, -0.1) is 22.7 Å². The van der Waals surface area contributed by atoms with E-state index in [1.165, 1.54) is 16.7 Å². The van der Waals surface area contributed by atoms with Gasteiger partial charge in [0.05, 0.1) is 23.0 Å². The number of sulfone groups is 1. The van der Waals surface area contributed by atoms with Gasteiger partial charge in [-0.3, -0.25) is 14.5 Å². The molecule has 2 saturated heterocycles. The smallest absolute Gasteiger partial charge is 0.266 e. The number of carbonyl (C=O) groups excluding carboxylic acids is 2. The van der Waals surface area contributed by atoms with Crippen LogP contribution in [0, 0.1) is 6.92 Å². The molecule has 4 rings (SSSR count). The average Bonchev–Trinajstić information content (AvgIpc) is 3.51. The zero-order valence-electron chi connectivity index (χ0n) is 17.4. The van der Waals surface area contributed by atoms with Gasteiger partial charge >= 0.3 is 0 Å². The molecule has 4 heterocycles. The first-order valence-electron chi connectivity index (χ1n) is 10.1. The van der Waals surface area contributed by atoms with Gasteiger partial charge in [0.25, 0.3) is 5.91 Å². The fourth-order valence-electron chi connectivity index (χ4n) is 3.71. The molecule has 11 heteroatoms. The number of thiocarbonyl (C=S) groups is 1. The lowest BCUT2D eigenvalue weighted by Crippen LogP contribution is -2.42. The van der Waals surface area contributed by atoms with Gasteiger partial charge in [-0.25, -0.2) is 8.42 Å². The van der Waals surface area contributed by atoms with E-state index in [1.54, 1.807) is 27.6 Å². The first kappa shape index (κ1) is 23.6. The number of carbonyl (C=O) groups is 2.